The van der Waals surface area contributed by atoms with Crippen molar-refractivity contribution in [3.8, 4) is 6.07 Å². The predicted octanol–water partition coefficient (Wildman–Crippen LogP) is -0.750. The third-order valence-electron chi connectivity index (χ3n) is 4.06. The molecule has 9 heteroatoms. The highest BCUT2D eigenvalue weighted by Gasteiger charge is 2.51. The minimum Gasteiger partial charge on any atom is -0.477 e. The first kappa shape index (κ1) is 15.6. The van der Waals surface area contributed by atoms with E-state index in [0.717, 1.165) is 0 Å². The highest BCUT2D eigenvalue weighted by molar-refractivity contribution is 8.00. The van der Waals surface area contributed by atoms with Gasteiger partial charge < -0.3 is 15.7 Å². The van der Waals surface area contributed by atoms with E-state index in [4.69, 9.17) is 11.0 Å². The summed E-state index contributed by atoms with van der Waals surface area (Å²) >= 11 is 1.39. The Hall–Kier alpha value is -2.31. The van der Waals surface area contributed by atoms with Crippen molar-refractivity contribution in [3.63, 3.8) is 0 Å². The number of carboxylic acid groups (broad SMARTS) is 1. The number of amides is 2. The van der Waals surface area contributed by atoms with Crippen LogP contribution in [-0.2, 0) is 14.4 Å². The largest absolute Gasteiger partial charge is 0.477 e. The fraction of sp³-hybridized carbons (Fsp3) is 0.429. The number of aliphatic carboxylic acids is 1. The average Bonchev–Trinajstić information content (AvgIpc) is 2.87. The van der Waals surface area contributed by atoms with Crippen LogP contribution in [0, 0.1) is 11.3 Å². The van der Waals surface area contributed by atoms with E-state index in [0.29, 0.717) is 29.9 Å². The van der Waals surface area contributed by atoms with Crippen molar-refractivity contribution in [1.82, 2.24) is 9.80 Å². The Bertz CT molecular complexity index is 708. The van der Waals surface area contributed by atoms with Gasteiger partial charge in [-0.2, -0.15) is 5.26 Å². The van der Waals surface area contributed by atoms with E-state index in [1.807, 2.05) is 6.07 Å². The third-order valence-corrected chi connectivity index (χ3v) is 5.39. The van der Waals surface area contributed by atoms with Gasteiger partial charge in [0.25, 0.3) is 5.91 Å². The number of nitriles is 1. The second kappa shape index (κ2) is 5.72. The summed E-state index contributed by atoms with van der Waals surface area (Å²) in [5, 5.41) is 17.8. The lowest BCUT2D eigenvalue weighted by Gasteiger charge is -2.47. The second-order valence-electron chi connectivity index (χ2n) is 5.42. The number of β-lactam (4-membered cyclic amide) rings is 1. The Morgan fingerprint density at radius 3 is 2.91 bits per heavy atom. The molecule has 0 saturated carbocycles. The summed E-state index contributed by atoms with van der Waals surface area (Å²) in [6.45, 7) is 0.453. The average molecular weight is 334 g/mol. The molecule has 0 aromatic heterocycles. The van der Waals surface area contributed by atoms with Gasteiger partial charge in [0.2, 0.25) is 5.91 Å². The Balaban J connectivity index is 1.93. The molecule has 0 unspecified atom stereocenters. The van der Waals surface area contributed by atoms with Gasteiger partial charge in [-0.25, -0.2) is 4.79 Å². The summed E-state index contributed by atoms with van der Waals surface area (Å²) in [7, 11) is 0. The molecular formula is C14H14N4O4S. The van der Waals surface area contributed by atoms with Crippen molar-refractivity contribution in [2.45, 2.75) is 17.8 Å². The summed E-state index contributed by atoms with van der Waals surface area (Å²) < 4.78 is 0. The first-order valence-electron chi connectivity index (χ1n) is 6.99. The summed E-state index contributed by atoms with van der Waals surface area (Å²) in [6, 6.07) is 1.25. The second-order valence-corrected chi connectivity index (χ2v) is 6.52. The Labute approximate surface area is 136 Å². The molecule has 3 heterocycles. The fourth-order valence-electron chi connectivity index (χ4n) is 2.90. The van der Waals surface area contributed by atoms with Crippen LogP contribution in [0.4, 0.5) is 0 Å². The number of fused-ring (bicyclic) bond motifs is 1. The number of carbonyl (C=O) groups excluding carboxylic acids is 2. The van der Waals surface area contributed by atoms with Crippen LogP contribution in [0.1, 0.15) is 6.42 Å². The minimum absolute atomic E-state index is 0.0112. The number of rotatable bonds is 3. The van der Waals surface area contributed by atoms with Crippen LogP contribution in [0.2, 0.25) is 0 Å². The van der Waals surface area contributed by atoms with Gasteiger partial charge in [0.05, 0.1) is 6.07 Å². The number of allylic oxidation sites excluding steroid dienone is 1. The minimum atomic E-state index is -1.21. The Morgan fingerprint density at radius 1 is 1.52 bits per heavy atom. The quantitative estimate of drug-likeness (QED) is 0.395. The van der Waals surface area contributed by atoms with E-state index < -0.39 is 17.9 Å². The molecule has 3 rings (SSSR count). The monoisotopic (exact) mass is 334 g/mol. The van der Waals surface area contributed by atoms with Crippen LogP contribution in [-0.4, -0.2) is 62.9 Å². The van der Waals surface area contributed by atoms with Crippen LogP contribution in [0.5, 0.6) is 0 Å². The fourth-order valence-corrected chi connectivity index (χ4v) is 4.15. The van der Waals surface area contributed by atoms with Crippen LogP contribution >= 0.6 is 11.8 Å². The number of carboxylic acids is 1. The maximum Gasteiger partial charge on any atom is 0.352 e. The highest BCUT2D eigenvalue weighted by Crippen LogP contribution is 2.40. The SMILES string of the molecule is N#CCN1CC/C(=C\C2=C(C(=O)O)N3C(=O)[C@@H](N)[C@H]3SC2)C1=O. The molecule has 0 spiro atoms. The van der Waals surface area contributed by atoms with Crippen LogP contribution in [0.25, 0.3) is 0 Å². The Morgan fingerprint density at radius 2 is 2.26 bits per heavy atom. The zero-order valence-corrected chi connectivity index (χ0v) is 12.9. The van der Waals surface area contributed by atoms with E-state index in [1.165, 1.54) is 21.6 Å². The Kier molecular flexibility index (Phi) is 3.87. The predicted molar refractivity (Wildman–Crippen MR) is 80.6 cm³/mol. The van der Waals surface area contributed by atoms with E-state index in [9.17, 15) is 19.5 Å². The first-order valence-corrected chi connectivity index (χ1v) is 8.04. The molecule has 8 nitrogen and oxygen atoms in total. The van der Waals surface area contributed by atoms with Gasteiger partial charge >= 0.3 is 5.97 Å². The molecule has 3 aliphatic heterocycles. The van der Waals surface area contributed by atoms with E-state index in [-0.39, 0.29) is 23.5 Å². The van der Waals surface area contributed by atoms with Crippen molar-refractivity contribution in [2.75, 3.05) is 18.8 Å². The zero-order valence-electron chi connectivity index (χ0n) is 12.1. The van der Waals surface area contributed by atoms with Crippen LogP contribution < -0.4 is 5.73 Å². The van der Waals surface area contributed by atoms with E-state index in [1.54, 1.807) is 6.08 Å². The molecule has 120 valence electrons. The summed E-state index contributed by atoms with van der Waals surface area (Å²) in [6.07, 6.45) is 2.00. The van der Waals surface area contributed by atoms with Gasteiger partial charge in [-0.05, 0) is 18.1 Å². The lowest BCUT2D eigenvalue weighted by molar-refractivity contribution is -0.147. The molecule has 2 saturated heterocycles. The van der Waals surface area contributed by atoms with Gasteiger partial charge in [0.1, 0.15) is 23.7 Å². The summed E-state index contributed by atoms with van der Waals surface area (Å²) in [5.41, 5.74) is 6.48. The van der Waals surface area contributed by atoms with Crippen LogP contribution in [0.15, 0.2) is 22.9 Å². The van der Waals surface area contributed by atoms with Crippen LogP contribution in [0.3, 0.4) is 0 Å². The van der Waals surface area contributed by atoms with Gasteiger partial charge in [-0.1, -0.05) is 0 Å². The highest BCUT2D eigenvalue weighted by atomic mass is 32.2. The number of thioether (sulfide) groups is 1. The van der Waals surface area contributed by atoms with E-state index in [2.05, 4.69) is 0 Å². The maximum atomic E-state index is 12.2. The molecule has 3 aliphatic rings. The van der Waals surface area contributed by atoms with Gasteiger partial charge in [-0.15, -0.1) is 11.8 Å². The molecular weight excluding hydrogens is 320 g/mol. The molecule has 0 aliphatic carbocycles. The van der Waals surface area contributed by atoms with E-state index >= 15 is 0 Å². The molecule has 3 N–H and O–H groups in total. The smallest absolute Gasteiger partial charge is 0.352 e. The molecule has 2 amide bonds. The molecule has 0 aromatic carbocycles. The third kappa shape index (κ3) is 2.40. The number of hydrogen-bond acceptors (Lipinski definition) is 6. The van der Waals surface area contributed by atoms with Crippen molar-refractivity contribution in [1.29, 1.82) is 5.26 Å². The number of likely N-dealkylation sites (tertiary alicyclic amines) is 1. The first-order chi connectivity index (χ1) is 11.0. The topological polar surface area (TPSA) is 128 Å². The van der Waals surface area contributed by atoms with Crippen molar-refractivity contribution >= 4 is 29.5 Å². The molecule has 2 atom stereocenters. The zero-order chi connectivity index (χ0) is 16.7. The van der Waals surface area contributed by atoms with Crippen molar-refractivity contribution in [2.24, 2.45) is 5.73 Å². The molecule has 0 bridgehead atoms. The number of nitrogens with two attached hydrogens (primary N) is 1. The molecule has 0 radical (unpaired) electrons. The number of nitrogens with zero attached hydrogens (tertiary/aromatic N) is 3. The normalized spacial score (nSPS) is 28.8. The summed E-state index contributed by atoms with van der Waals surface area (Å²) in [5.74, 6) is -1.51. The number of hydrogen-bond donors (Lipinski definition) is 2. The molecule has 0 aromatic rings. The molecule has 2 fully saturated rings. The van der Waals surface area contributed by atoms with Crippen molar-refractivity contribution in [3.05, 3.63) is 22.9 Å². The lowest BCUT2D eigenvalue weighted by atomic mass is 10.0. The van der Waals surface area contributed by atoms with Gasteiger partial charge in [0, 0.05) is 17.9 Å². The summed E-state index contributed by atoms with van der Waals surface area (Å²) in [4.78, 5) is 38.2. The standard InChI is InChI=1S/C14H14N4O4S/c15-2-4-17-3-1-7(11(17)19)5-8-6-23-13-9(16)12(20)18(13)10(8)14(21)22/h5,9,13H,1,3-4,6,16H2,(H,21,22)/b7-5+/t9-,13-/m1/s1. The number of carbonyl (C=O) groups is 3. The molecule has 23 heavy (non-hydrogen) atoms. The van der Waals surface area contributed by atoms with Gasteiger partial charge in [0.15, 0.2) is 0 Å². The maximum absolute atomic E-state index is 12.2. The van der Waals surface area contributed by atoms with Crippen molar-refractivity contribution < 1.29 is 19.5 Å². The van der Waals surface area contributed by atoms with Gasteiger partial charge in [-0.3, -0.25) is 14.5 Å². The lowest BCUT2D eigenvalue weighted by Crippen LogP contribution is -2.68.